The molecule has 0 radical (unpaired) electrons. The average molecular weight is 420 g/mol. The van der Waals surface area contributed by atoms with Gasteiger partial charge < -0.3 is 11.1 Å². The number of nitrogens with two attached hydrogens (primary N) is 2. The Kier molecular flexibility index (Phi) is 6.86. The summed E-state index contributed by atoms with van der Waals surface area (Å²) in [4.78, 5) is 12.6. The molecular formula is C15H12Cl2FN3O2S2. The van der Waals surface area contributed by atoms with Crippen LogP contribution in [0.1, 0.15) is 0 Å². The van der Waals surface area contributed by atoms with Crippen molar-refractivity contribution in [1.82, 2.24) is 0 Å². The van der Waals surface area contributed by atoms with Crippen molar-refractivity contribution in [3.05, 3.63) is 68.3 Å². The van der Waals surface area contributed by atoms with Crippen LogP contribution in [0, 0.1) is 5.82 Å². The lowest BCUT2D eigenvalue weighted by molar-refractivity contribution is -0.112. The van der Waals surface area contributed by atoms with Crippen LogP contribution in [0.5, 0.6) is 0 Å². The van der Waals surface area contributed by atoms with E-state index in [9.17, 15) is 13.4 Å². The van der Waals surface area contributed by atoms with Crippen molar-refractivity contribution in [2.24, 2.45) is 10.9 Å². The van der Waals surface area contributed by atoms with Crippen LogP contribution in [0.25, 0.3) is 0 Å². The molecule has 0 bridgehead atoms. The monoisotopic (exact) mass is 419 g/mol. The van der Waals surface area contributed by atoms with E-state index in [1.165, 1.54) is 12.1 Å². The summed E-state index contributed by atoms with van der Waals surface area (Å²) in [6.07, 6.45) is 0. The lowest BCUT2D eigenvalue weighted by Gasteiger charge is -2.10. The van der Waals surface area contributed by atoms with Crippen LogP contribution in [-0.2, 0) is 15.6 Å². The third-order valence-electron chi connectivity index (χ3n) is 2.95. The first kappa shape index (κ1) is 19.7. The van der Waals surface area contributed by atoms with Gasteiger partial charge in [-0.3, -0.25) is 9.93 Å². The van der Waals surface area contributed by atoms with Gasteiger partial charge in [-0.2, -0.15) is 0 Å². The molecule has 132 valence electrons. The molecule has 25 heavy (non-hydrogen) atoms. The van der Waals surface area contributed by atoms with Gasteiger partial charge in [0.15, 0.2) is 0 Å². The van der Waals surface area contributed by atoms with Crippen molar-refractivity contribution in [3.63, 3.8) is 0 Å². The van der Waals surface area contributed by atoms with Crippen LogP contribution in [0.4, 0.5) is 10.1 Å². The molecular weight excluding hydrogens is 408 g/mol. The van der Waals surface area contributed by atoms with E-state index >= 15 is 0 Å². The summed E-state index contributed by atoms with van der Waals surface area (Å²) in [6, 6.07) is 9.85. The number of hydrogen-bond donors (Lipinski definition) is 3. The number of rotatable bonds is 5. The Morgan fingerprint density at radius 2 is 1.80 bits per heavy atom. The Morgan fingerprint density at radius 3 is 2.36 bits per heavy atom. The fourth-order valence-electron chi connectivity index (χ4n) is 1.74. The van der Waals surface area contributed by atoms with Crippen molar-refractivity contribution in [2.75, 3.05) is 5.32 Å². The van der Waals surface area contributed by atoms with Gasteiger partial charge in [-0.05, 0) is 54.4 Å². The number of nitrogens with one attached hydrogen (secondary N) is 1. The number of carbonyl (C=O) groups is 1. The highest BCUT2D eigenvalue weighted by atomic mass is 35.5. The molecule has 5 N–H and O–H groups in total. The van der Waals surface area contributed by atoms with Gasteiger partial charge in [-0.15, -0.1) is 0 Å². The molecule has 0 fully saturated rings. The van der Waals surface area contributed by atoms with Gasteiger partial charge in [0.1, 0.15) is 15.8 Å². The van der Waals surface area contributed by atoms with E-state index in [1.54, 1.807) is 24.3 Å². The molecule has 2 aromatic carbocycles. The van der Waals surface area contributed by atoms with Crippen molar-refractivity contribution in [3.8, 4) is 0 Å². The zero-order valence-electron chi connectivity index (χ0n) is 12.5. The van der Waals surface area contributed by atoms with E-state index in [2.05, 4.69) is 5.32 Å². The van der Waals surface area contributed by atoms with Crippen LogP contribution < -0.4 is 16.2 Å². The molecule has 1 atom stereocenters. The van der Waals surface area contributed by atoms with Gasteiger partial charge in [0.05, 0.1) is 15.8 Å². The molecule has 0 aliphatic rings. The number of carbonyl (C=O) groups excluding carboxylic acids is 1. The standard InChI is InChI=1S/C15H12Cl2FN3O2S2/c16-8-1-4-10(5-2-8)25(23)15(24-20)13(19)14(22)21-9-3-6-12(18)11(17)7-9/h1-7H,19-20H2,(H,21,22)/b15-13+. The molecule has 0 heterocycles. The van der Waals surface area contributed by atoms with Gasteiger partial charge in [0.2, 0.25) is 0 Å². The SMILES string of the molecule is NS/C(=C(\N)C(=O)Nc1ccc(F)c(Cl)c1)S(=O)c1ccc(Cl)cc1. The third-order valence-corrected chi connectivity index (χ3v) is 5.92. The Balaban J connectivity index is 2.27. The number of hydrogen-bond acceptors (Lipinski definition) is 5. The van der Waals surface area contributed by atoms with Gasteiger partial charge >= 0.3 is 0 Å². The normalized spacial score (nSPS) is 13.1. The predicted octanol–water partition coefficient (Wildman–Crippen LogP) is 3.61. The van der Waals surface area contributed by atoms with Crippen molar-refractivity contribution >= 4 is 57.5 Å². The van der Waals surface area contributed by atoms with Crippen LogP contribution >= 0.6 is 35.1 Å². The molecule has 10 heteroatoms. The summed E-state index contributed by atoms with van der Waals surface area (Å²) in [5.74, 6) is -1.36. The summed E-state index contributed by atoms with van der Waals surface area (Å²) in [5, 5.41) is 8.29. The second kappa shape index (κ2) is 8.68. The summed E-state index contributed by atoms with van der Waals surface area (Å²) < 4.78 is 25.7. The first-order valence-electron chi connectivity index (χ1n) is 6.63. The minimum atomic E-state index is -1.76. The predicted molar refractivity (Wildman–Crippen MR) is 101 cm³/mol. The van der Waals surface area contributed by atoms with Gasteiger partial charge in [-0.1, -0.05) is 23.2 Å². The minimum Gasteiger partial charge on any atom is -0.393 e. The zero-order chi connectivity index (χ0) is 18.6. The summed E-state index contributed by atoms with van der Waals surface area (Å²) in [5.41, 5.74) is 5.71. The largest absolute Gasteiger partial charge is 0.393 e. The maximum Gasteiger partial charge on any atom is 0.273 e. The van der Waals surface area contributed by atoms with Crippen molar-refractivity contribution in [2.45, 2.75) is 4.90 Å². The molecule has 5 nitrogen and oxygen atoms in total. The van der Waals surface area contributed by atoms with Gasteiger partial charge in [0, 0.05) is 15.6 Å². The van der Waals surface area contributed by atoms with E-state index in [0.29, 0.717) is 21.9 Å². The maximum atomic E-state index is 13.2. The molecule has 0 saturated heterocycles. The molecule has 2 aromatic rings. The molecule has 1 unspecified atom stereocenters. The van der Waals surface area contributed by atoms with Gasteiger partial charge in [0.25, 0.3) is 5.91 Å². The number of benzene rings is 2. The summed E-state index contributed by atoms with van der Waals surface area (Å²) in [7, 11) is -1.76. The quantitative estimate of drug-likeness (QED) is 0.507. The molecule has 0 aliphatic carbocycles. The first-order valence-corrected chi connectivity index (χ1v) is 9.42. The molecule has 0 aliphatic heterocycles. The highest BCUT2D eigenvalue weighted by molar-refractivity contribution is 8.15. The lowest BCUT2D eigenvalue weighted by atomic mass is 10.3. The number of amides is 1. The van der Waals surface area contributed by atoms with Crippen LogP contribution in [0.2, 0.25) is 10.0 Å². The fourth-order valence-corrected chi connectivity index (χ4v) is 3.79. The van der Waals surface area contributed by atoms with E-state index in [1.807, 2.05) is 0 Å². The molecule has 0 saturated carbocycles. The second-order valence-corrected chi connectivity index (χ2v) is 7.79. The molecule has 0 aromatic heterocycles. The molecule has 0 spiro atoms. The summed E-state index contributed by atoms with van der Waals surface area (Å²) in [6.45, 7) is 0. The minimum absolute atomic E-state index is 0.0203. The van der Waals surface area contributed by atoms with Crippen LogP contribution in [0.15, 0.2) is 57.3 Å². The Labute approximate surface area is 160 Å². The highest BCUT2D eigenvalue weighted by Crippen LogP contribution is 2.25. The average Bonchev–Trinajstić information content (AvgIpc) is 2.59. The van der Waals surface area contributed by atoms with E-state index in [-0.39, 0.29) is 20.6 Å². The lowest BCUT2D eigenvalue weighted by Crippen LogP contribution is -2.23. The zero-order valence-corrected chi connectivity index (χ0v) is 15.6. The smallest absolute Gasteiger partial charge is 0.273 e. The number of anilines is 1. The maximum absolute atomic E-state index is 13.2. The first-order chi connectivity index (χ1) is 11.8. The second-order valence-electron chi connectivity index (χ2n) is 4.62. The highest BCUT2D eigenvalue weighted by Gasteiger charge is 2.19. The van der Waals surface area contributed by atoms with E-state index < -0.39 is 22.5 Å². The van der Waals surface area contributed by atoms with Crippen molar-refractivity contribution in [1.29, 1.82) is 0 Å². The number of halogens is 3. The van der Waals surface area contributed by atoms with Crippen LogP contribution in [0.3, 0.4) is 0 Å². The Bertz CT molecular complexity index is 860. The van der Waals surface area contributed by atoms with Crippen molar-refractivity contribution < 1.29 is 13.4 Å². The van der Waals surface area contributed by atoms with Gasteiger partial charge in [-0.25, -0.2) is 8.60 Å². The summed E-state index contributed by atoms with van der Waals surface area (Å²) >= 11 is 12.1. The van der Waals surface area contributed by atoms with E-state index in [0.717, 1.165) is 6.07 Å². The fraction of sp³-hybridized carbons (Fsp3) is 0. The Morgan fingerprint density at radius 1 is 1.16 bits per heavy atom. The molecule has 2 rings (SSSR count). The molecule has 1 amide bonds. The van der Waals surface area contributed by atoms with Crippen LogP contribution in [-0.4, -0.2) is 10.1 Å². The van der Waals surface area contributed by atoms with E-state index in [4.69, 9.17) is 34.1 Å². The third kappa shape index (κ3) is 4.96. The topological polar surface area (TPSA) is 98.2 Å². The Hall–Kier alpha value is -1.58.